The number of hydrogen-bond donors (Lipinski definition) is 0. The molecule has 1 aliphatic rings. The zero-order valence-electron chi connectivity index (χ0n) is 14.4. The molecule has 0 atom stereocenters. The number of rotatable bonds is 1. The largest absolute Gasteiger partial charge is 0.294 e. The second kappa shape index (κ2) is 5.13. The fraction of sp³-hybridized carbons (Fsp3) is 0.778. The van der Waals surface area contributed by atoms with E-state index in [1.165, 1.54) is 0 Å². The standard InChI is InChI=1S/C18H30O2/c1-12(17(5,6)7)15-13(19)9-18(8,10-14(15)20)11-16(2,3)4/h9-11H2,1-8H3. The summed E-state index contributed by atoms with van der Waals surface area (Å²) in [6.07, 6.45) is 1.90. The number of hydrogen-bond acceptors (Lipinski definition) is 2. The van der Waals surface area contributed by atoms with Gasteiger partial charge in [-0.3, -0.25) is 9.59 Å². The Balaban J connectivity index is 3.11. The van der Waals surface area contributed by atoms with Gasteiger partial charge in [-0.05, 0) is 29.6 Å². The third-order valence-corrected chi connectivity index (χ3v) is 4.19. The number of Topliss-reactive ketones (excluding diaryl/α,β-unsaturated/α-hetero) is 2. The quantitative estimate of drug-likeness (QED) is 0.513. The van der Waals surface area contributed by atoms with Crippen LogP contribution in [-0.2, 0) is 9.59 Å². The van der Waals surface area contributed by atoms with E-state index in [2.05, 4.69) is 48.5 Å². The molecule has 20 heavy (non-hydrogen) atoms. The molecule has 0 spiro atoms. The first-order valence-corrected chi connectivity index (χ1v) is 7.53. The normalized spacial score (nSPS) is 25.1. The van der Waals surface area contributed by atoms with Gasteiger partial charge in [-0.2, -0.15) is 0 Å². The minimum absolute atomic E-state index is 0.0421. The van der Waals surface area contributed by atoms with Crippen LogP contribution in [0.2, 0.25) is 0 Å². The molecule has 114 valence electrons. The molecule has 2 nitrogen and oxygen atoms in total. The molecule has 1 rings (SSSR count). The number of carbonyl (C=O) groups excluding carboxylic acids is 2. The first kappa shape index (κ1) is 17.1. The van der Waals surface area contributed by atoms with Gasteiger partial charge in [-0.15, -0.1) is 0 Å². The van der Waals surface area contributed by atoms with Crippen LogP contribution in [0.15, 0.2) is 11.1 Å². The lowest BCUT2D eigenvalue weighted by Crippen LogP contribution is -2.37. The highest BCUT2D eigenvalue weighted by molar-refractivity contribution is 6.22. The second-order valence-corrected chi connectivity index (χ2v) is 9.00. The molecule has 0 bridgehead atoms. The molecule has 0 heterocycles. The summed E-state index contributed by atoms with van der Waals surface area (Å²) >= 11 is 0. The zero-order valence-corrected chi connectivity index (χ0v) is 14.4. The monoisotopic (exact) mass is 278 g/mol. The molecular weight excluding hydrogens is 248 g/mol. The minimum atomic E-state index is -0.186. The SMILES string of the molecule is CC(=C1C(=O)CC(C)(CC(C)(C)C)CC1=O)C(C)(C)C. The van der Waals surface area contributed by atoms with E-state index < -0.39 is 0 Å². The van der Waals surface area contributed by atoms with E-state index in [9.17, 15) is 9.59 Å². The Labute approximate surface area is 124 Å². The lowest BCUT2D eigenvalue weighted by molar-refractivity contribution is -0.128. The molecule has 1 aliphatic carbocycles. The van der Waals surface area contributed by atoms with Crippen molar-refractivity contribution >= 4 is 11.6 Å². The maximum Gasteiger partial charge on any atom is 0.166 e. The first-order chi connectivity index (χ1) is 8.75. The van der Waals surface area contributed by atoms with Crippen molar-refractivity contribution < 1.29 is 9.59 Å². The van der Waals surface area contributed by atoms with Crippen molar-refractivity contribution in [2.75, 3.05) is 0 Å². The number of allylic oxidation sites excluding steroid dienone is 2. The summed E-state index contributed by atoms with van der Waals surface area (Å²) in [7, 11) is 0. The van der Waals surface area contributed by atoms with Gasteiger partial charge in [0.25, 0.3) is 0 Å². The summed E-state index contributed by atoms with van der Waals surface area (Å²) in [4.78, 5) is 25.0. The van der Waals surface area contributed by atoms with Crippen LogP contribution in [-0.4, -0.2) is 11.6 Å². The highest BCUT2D eigenvalue weighted by Crippen LogP contribution is 2.44. The van der Waals surface area contributed by atoms with E-state index in [1.807, 2.05) is 6.92 Å². The van der Waals surface area contributed by atoms with Gasteiger partial charge in [-0.1, -0.05) is 54.0 Å². The van der Waals surface area contributed by atoms with Gasteiger partial charge < -0.3 is 0 Å². The van der Waals surface area contributed by atoms with Crippen molar-refractivity contribution in [2.24, 2.45) is 16.2 Å². The maximum atomic E-state index is 12.5. The van der Waals surface area contributed by atoms with Crippen LogP contribution in [0.25, 0.3) is 0 Å². The van der Waals surface area contributed by atoms with Crippen LogP contribution in [0.4, 0.5) is 0 Å². The Morgan fingerprint density at radius 2 is 1.40 bits per heavy atom. The number of carbonyl (C=O) groups is 2. The Hall–Kier alpha value is -0.920. The Kier molecular flexibility index (Phi) is 4.39. The van der Waals surface area contributed by atoms with E-state index in [1.54, 1.807) is 0 Å². The van der Waals surface area contributed by atoms with Crippen molar-refractivity contribution in [3.8, 4) is 0 Å². The van der Waals surface area contributed by atoms with Gasteiger partial charge in [0.1, 0.15) is 0 Å². The van der Waals surface area contributed by atoms with Gasteiger partial charge in [0, 0.05) is 12.8 Å². The van der Waals surface area contributed by atoms with Gasteiger partial charge in [0.05, 0.1) is 5.57 Å². The molecule has 0 saturated heterocycles. The van der Waals surface area contributed by atoms with Gasteiger partial charge >= 0.3 is 0 Å². The molecule has 0 amide bonds. The van der Waals surface area contributed by atoms with Crippen molar-refractivity contribution in [3.63, 3.8) is 0 Å². The fourth-order valence-corrected chi connectivity index (χ4v) is 3.37. The van der Waals surface area contributed by atoms with Crippen LogP contribution in [0, 0.1) is 16.2 Å². The lowest BCUT2D eigenvalue weighted by atomic mass is 9.64. The Bertz CT molecular complexity index is 433. The van der Waals surface area contributed by atoms with E-state index >= 15 is 0 Å². The summed E-state index contributed by atoms with van der Waals surface area (Å²) in [5, 5.41) is 0. The maximum absolute atomic E-state index is 12.5. The molecule has 1 saturated carbocycles. The molecule has 0 aromatic carbocycles. The number of ketones is 2. The smallest absolute Gasteiger partial charge is 0.166 e. The first-order valence-electron chi connectivity index (χ1n) is 7.53. The predicted molar refractivity (Wildman–Crippen MR) is 83.6 cm³/mol. The van der Waals surface area contributed by atoms with Crippen molar-refractivity contribution in [2.45, 2.75) is 74.7 Å². The van der Waals surface area contributed by atoms with Crippen LogP contribution in [0.1, 0.15) is 74.7 Å². The van der Waals surface area contributed by atoms with Crippen molar-refractivity contribution in [1.82, 2.24) is 0 Å². The topological polar surface area (TPSA) is 34.1 Å². The summed E-state index contributed by atoms with van der Waals surface area (Å²) in [6.45, 7) is 16.7. The summed E-state index contributed by atoms with van der Waals surface area (Å²) in [5.74, 6) is 0.0841. The van der Waals surface area contributed by atoms with E-state index in [4.69, 9.17) is 0 Å². The summed E-state index contributed by atoms with van der Waals surface area (Å²) in [6, 6.07) is 0. The molecule has 1 fully saturated rings. The van der Waals surface area contributed by atoms with E-state index in [0.717, 1.165) is 12.0 Å². The molecular formula is C18H30O2. The van der Waals surface area contributed by atoms with Gasteiger partial charge in [0.2, 0.25) is 0 Å². The summed E-state index contributed by atoms with van der Waals surface area (Å²) < 4.78 is 0. The molecule has 0 radical (unpaired) electrons. The third-order valence-electron chi connectivity index (χ3n) is 4.19. The van der Waals surface area contributed by atoms with Gasteiger partial charge in [-0.25, -0.2) is 0 Å². The van der Waals surface area contributed by atoms with Crippen LogP contribution >= 0.6 is 0 Å². The third kappa shape index (κ3) is 4.04. The highest BCUT2D eigenvalue weighted by Gasteiger charge is 2.42. The average Bonchev–Trinajstić information content (AvgIpc) is 2.09. The van der Waals surface area contributed by atoms with Crippen LogP contribution in [0.3, 0.4) is 0 Å². The molecule has 0 N–H and O–H groups in total. The fourth-order valence-electron chi connectivity index (χ4n) is 3.37. The van der Waals surface area contributed by atoms with Crippen molar-refractivity contribution in [1.29, 1.82) is 0 Å². The van der Waals surface area contributed by atoms with Gasteiger partial charge in [0.15, 0.2) is 11.6 Å². The second-order valence-electron chi connectivity index (χ2n) is 9.00. The molecule has 0 aromatic heterocycles. The summed E-state index contributed by atoms with van der Waals surface area (Å²) in [5.41, 5.74) is 1.23. The van der Waals surface area contributed by atoms with Crippen LogP contribution < -0.4 is 0 Å². The molecule has 0 unspecified atom stereocenters. The Morgan fingerprint density at radius 3 is 1.70 bits per heavy atom. The Morgan fingerprint density at radius 1 is 1.00 bits per heavy atom. The molecule has 0 aliphatic heterocycles. The van der Waals surface area contributed by atoms with Crippen LogP contribution in [0.5, 0.6) is 0 Å². The van der Waals surface area contributed by atoms with E-state index in [0.29, 0.717) is 18.4 Å². The average molecular weight is 278 g/mol. The zero-order chi connectivity index (χ0) is 15.9. The minimum Gasteiger partial charge on any atom is -0.294 e. The molecule has 2 heteroatoms. The predicted octanol–water partition coefficient (Wildman–Crippen LogP) is 4.72. The highest BCUT2D eigenvalue weighted by atomic mass is 16.2. The van der Waals surface area contributed by atoms with E-state index in [-0.39, 0.29) is 27.8 Å². The lowest BCUT2D eigenvalue weighted by Gasteiger charge is -2.39. The molecule has 0 aromatic rings. The van der Waals surface area contributed by atoms with Crippen molar-refractivity contribution in [3.05, 3.63) is 11.1 Å².